The summed E-state index contributed by atoms with van der Waals surface area (Å²) in [5.41, 5.74) is -0.829. The van der Waals surface area contributed by atoms with Gasteiger partial charge < -0.3 is 15.3 Å². The van der Waals surface area contributed by atoms with Gasteiger partial charge in [0, 0.05) is 0 Å². The van der Waals surface area contributed by atoms with Crippen molar-refractivity contribution in [2.75, 3.05) is 12.5 Å². The lowest BCUT2D eigenvalue weighted by atomic mass is 10.8. The zero-order chi connectivity index (χ0) is 5.70. The third-order valence-corrected chi connectivity index (χ3v) is 1.11. The van der Waals surface area contributed by atoms with Gasteiger partial charge in [0.05, 0.1) is 12.5 Å². The molecule has 0 spiro atoms. The van der Waals surface area contributed by atoms with Gasteiger partial charge in [-0.15, -0.1) is 11.8 Å². The third kappa shape index (κ3) is 4.08. The standard InChI is InChI=1S/C3H8O3S/c4-1-3(6)7-2-5/h3-6H,1-2H2. The molecule has 0 aliphatic rings. The van der Waals surface area contributed by atoms with Crippen molar-refractivity contribution >= 4 is 11.8 Å². The molecular formula is C3H8O3S. The molecule has 0 radical (unpaired) electrons. The van der Waals surface area contributed by atoms with Crippen molar-refractivity contribution in [3.63, 3.8) is 0 Å². The summed E-state index contributed by atoms with van der Waals surface area (Å²) in [5.74, 6) is -0.151. The van der Waals surface area contributed by atoms with E-state index in [4.69, 9.17) is 15.3 Å². The highest BCUT2D eigenvalue weighted by atomic mass is 32.2. The highest BCUT2D eigenvalue weighted by Crippen LogP contribution is 2.02. The minimum Gasteiger partial charge on any atom is -0.393 e. The maximum Gasteiger partial charge on any atom is 0.124 e. The summed E-state index contributed by atoms with van der Waals surface area (Å²) in [6.45, 7) is -0.300. The first-order chi connectivity index (χ1) is 3.31. The Balaban J connectivity index is 2.83. The molecule has 0 amide bonds. The second kappa shape index (κ2) is 4.39. The Morgan fingerprint density at radius 3 is 2.14 bits per heavy atom. The van der Waals surface area contributed by atoms with E-state index in [-0.39, 0.29) is 12.5 Å². The van der Waals surface area contributed by atoms with Gasteiger partial charge in [-0.05, 0) is 0 Å². The third-order valence-electron chi connectivity index (χ3n) is 0.423. The average molecular weight is 124 g/mol. The average Bonchev–Trinajstić information content (AvgIpc) is 1.68. The molecule has 0 saturated carbocycles. The molecule has 0 fully saturated rings. The number of aliphatic hydroxyl groups excluding tert-OH is 3. The molecule has 0 rings (SSSR count). The van der Waals surface area contributed by atoms with E-state index in [1.807, 2.05) is 0 Å². The maximum absolute atomic E-state index is 8.41. The lowest BCUT2D eigenvalue weighted by Gasteiger charge is -2.00. The Morgan fingerprint density at radius 1 is 1.43 bits per heavy atom. The highest BCUT2D eigenvalue weighted by molar-refractivity contribution is 7.99. The number of rotatable bonds is 3. The highest BCUT2D eigenvalue weighted by Gasteiger charge is 1.97. The van der Waals surface area contributed by atoms with Crippen molar-refractivity contribution < 1.29 is 15.3 Å². The van der Waals surface area contributed by atoms with E-state index in [1.165, 1.54) is 0 Å². The maximum atomic E-state index is 8.41. The van der Waals surface area contributed by atoms with Crippen molar-refractivity contribution in [3.8, 4) is 0 Å². The van der Waals surface area contributed by atoms with Crippen LogP contribution in [0.5, 0.6) is 0 Å². The van der Waals surface area contributed by atoms with Gasteiger partial charge in [0.1, 0.15) is 5.44 Å². The summed E-state index contributed by atoms with van der Waals surface area (Å²) in [6, 6.07) is 0. The van der Waals surface area contributed by atoms with E-state index in [9.17, 15) is 0 Å². The largest absolute Gasteiger partial charge is 0.393 e. The van der Waals surface area contributed by atoms with Gasteiger partial charge in [-0.25, -0.2) is 0 Å². The van der Waals surface area contributed by atoms with E-state index in [2.05, 4.69) is 0 Å². The number of hydrogen-bond acceptors (Lipinski definition) is 4. The van der Waals surface area contributed by atoms with Crippen LogP contribution < -0.4 is 0 Å². The zero-order valence-corrected chi connectivity index (χ0v) is 4.56. The van der Waals surface area contributed by atoms with Gasteiger partial charge in [-0.2, -0.15) is 0 Å². The predicted molar refractivity (Wildman–Crippen MR) is 27.8 cm³/mol. The van der Waals surface area contributed by atoms with Crippen LogP contribution in [0.3, 0.4) is 0 Å². The van der Waals surface area contributed by atoms with Crippen LogP contribution in [-0.2, 0) is 0 Å². The molecule has 0 bridgehead atoms. The zero-order valence-electron chi connectivity index (χ0n) is 3.74. The number of hydrogen-bond donors (Lipinski definition) is 3. The summed E-state index contributed by atoms with van der Waals surface area (Å²) < 4.78 is 0. The molecule has 3 N–H and O–H groups in total. The van der Waals surface area contributed by atoms with Gasteiger partial charge in [0.25, 0.3) is 0 Å². The predicted octanol–water partition coefficient (Wildman–Crippen LogP) is -1.02. The molecule has 0 aliphatic carbocycles. The van der Waals surface area contributed by atoms with Crippen LogP contribution in [0.25, 0.3) is 0 Å². The summed E-state index contributed by atoms with van der Waals surface area (Å²) >= 11 is 0.892. The van der Waals surface area contributed by atoms with E-state index in [0.717, 1.165) is 11.8 Å². The van der Waals surface area contributed by atoms with Gasteiger partial charge >= 0.3 is 0 Å². The molecule has 4 heteroatoms. The van der Waals surface area contributed by atoms with Crippen LogP contribution in [0.15, 0.2) is 0 Å². The Hall–Kier alpha value is 0.230. The second-order valence-corrected chi connectivity index (χ2v) is 2.07. The molecule has 0 heterocycles. The smallest absolute Gasteiger partial charge is 0.124 e. The summed E-state index contributed by atoms with van der Waals surface area (Å²) in [5, 5.41) is 24.6. The Morgan fingerprint density at radius 2 is 2.00 bits per heavy atom. The van der Waals surface area contributed by atoms with Crippen LogP contribution in [0.1, 0.15) is 0 Å². The summed E-state index contributed by atoms with van der Waals surface area (Å²) in [6.07, 6.45) is 0. The van der Waals surface area contributed by atoms with Gasteiger partial charge in [0.15, 0.2) is 0 Å². The monoisotopic (exact) mass is 124 g/mol. The van der Waals surface area contributed by atoms with E-state index >= 15 is 0 Å². The first-order valence-electron chi connectivity index (χ1n) is 1.82. The topological polar surface area (TPSA) is 60.7 Å². The fraction of sp³-hybridized carbons (Fsp3) is 1.00. The lowest BCUT2D eigenvalue weighted by molar-refractivity contribution is 0.159. The fourth-order valence-electron chi connectivity index (χ4n) is 0.139. The van der Waals surface area contributed by atoms with Crippen molar-refractivity contribution in [3.05, 3.63) is 0 Å². The first kappa shape index (κ1) is 7.23. The SMILES string of the molecule is OCSC(O)CO. The molecule has 0 aromatic carbocycles. The van der Waals surface area contributed by atoms with Crippen molar-refractivity contribution in [2.24, 2.45) is 0 Å². The van der Waals surface area contributed by atoms with E-state index in [1.54, 1.807) is 0 Å². The van der Waals surface area contributed by atoms with Crippen LogP contribution in [0.4, 0.5) is 0 Å². The normalized spacial score (nSPS) is 14.1. The van der Waals surface area contributed by atoms with Gasteiger partial charge in [0.2, 0.25) is 0 Å². The second-order valence-electron chi connectivity index (χ2n) is 0.933. The molecule has 1 atom stereocenters. The van der Waals surface area contributed by atoms with E-state index < -0.39 is 5.44 Å². The molecule has 3 nitrogen and oxygen atoms in total. The molecule has 0 aromatic rings. The van der Waals surface area contributed by atoms with Gasteiger partial charge in [-0.3, -0.25) is 0 Å². The van der Waals surface area contributed by atoms with Gasteiger partial charge in [-0.1, -0.05) is 0 Å². The Kier molecular flexibility index (Phi) is 4.53. The minimum absolute atomic E-state index is 0.151. The van der Waals surface area contributed by atoms with E-state index in [0.29, 0.717) is 0 Å². The Bertz CT molecular complexity index is 41.2. The van der Waals surface area contributed by atoms with Crippen molar-refractivity contribution in [1.29, 1.82) is 0 Å². The van der Waals surface area contributed by atoms with Crippen LogP contribution in [-0.4, -0.2) is 33.3 Å². The molecule has 0 saturated heterocycles. The molecule has 0 aliphatic heterocycles. The first-order valence-corrected chi connectivity index (χ1v) is 2.87. The number of thioether (sulfide) groups is 1. The summed E-state index contributed by atoms with van der Waals surface area (Å²) in [7, 11) is 0. The molecule has 0 aromatic heterocycles. The lowest BCUT2D eigenvalue weighted by Crippen LogP contribution is -2.06. The molecule has 44 valence electrons. The molecular weight excluding hydrogens is 116 g/mol. The van der Waals surface area contributed by atoms with Crippen molar-refractivity contribution in [1.82, 2.24) is 0 Å². The molecule has 1 unspecified atom stereocenters. The Labute approximate surface area is 46.0 Å². The molecule has 7 heavy (non-hydrogen) atoms. The van der Waals surface area contributed by atoms with Crippen LogP contribution >= 0.6 is 11.8 Å². The van der Waals surface area contributed by atoms with Crippen molar-refractivity contribution in [2.45, 2.75) is 5.44 Å². The summed E-state index contributed by atoms with van der Waals surface area (Å²) in [4.78, 5) is 0. The quantitative estimate of drug-likeness (QED) is 0.421. The number of aliphatic hydroxyl groups is 3. The van der Waals surface area contributed by atoms with Crippen LogP contribution in [0.2, 0.25) is 0 Å². The minimum atomic E-state index is -0.829. The fourth-order valence-corrected chi connectivity index (χ4v) is 0.416. The van der Waals surface area contributed by atoms with Crippen LogP contribution in [0, 0.1) is 0 Å².